The minimum absolute atomic E-state index is 0.144. The molecule has 8 heteroatoms. The number of likely N-dealkylation sites (tertiary alicyclic amines) is 1. The lowest BCUT2D eigenvalue weighted by Gasteiger charge is -2.42. The van der Waals surface area contributed by atoms with Gasteiger partial charge in [-0.05, 0) is 49.4 Å². The lowest BCUT2D eigenvalue weighted by Crippen LogP contribution is -2.55. The number of anilines is 1. The molecule has 152 valence electrons. The number of carbonyl (C=O) groups excluding carboxylic acids is 1. The molecule has 0 aliphatic carbocycles. The fourth-order valence-corrected chi connectivity index (χ4v) is 5.27. The minimum Gasteiger partial charge on any atom is -0.453 e. The molecule has 3 aliphatic rings. The number of amides is 1. The van der Waals surface area contributed by atoms with E-state index in [-0.39, 0.29) is 29.8 Å². The Hall–Kier alpha value is -2.12. The summed E-state index contributed by atoms with van der Waals surface area (Å²) in [6.45, 7) is 1.43. The van der Waals surface area contributed by atoms with Crippen molar-refractivity contribution < 1.29 is 18.7 Å². The molecule has 0 saturated carbocycles. The predicted molar refractivity (Wildman–Crippen MR) is 111 cm³/mol. The summed E-state index contributed by atoms with van der Waals surface area (Å²) in [5.41, 5.74) is 1.40. The molecule has 2 aromatic rings. The fraction of sp³-hybridized carbons (Fsp3) is 0.381. The zero-order valence-corrected chi connectivity index (χ0v) is 17.4. The Kier molecular flexibility index (Phi) is 4.75. The molecule has 0 radical (unpaired) electrons. The van der Waals surface area contributed by atoms with Gasteiger partial charge in [0.2, 0.25) is 6.79 Å². The van der Waals surface area contributed by atoms with E-state index in [9.17, 15) is 9.18 Å². The number of carbonyl (C=O) groups is 1. The molecule has 1 amide bonds. The van der Waals surface area contributed by atoms with Crippen LogP contribution in [0.5, 0.6) is 11.5 Å². The molecule has 3 aliphatic heterocycles. The Morgan fingerprint density at radius 3 is 2.62 bits per heavy atom. The number of hydrogen-bond acceptors (Lipinski definition) is 5. The zero-order chi connectivity index (χ0) is 20.1. The Morgan fingerprint density at radius 1 is 1.17 bits per heavy atom. The second kappa shape index (κ2) is 7.29. The molecule has 2 bridgehead atoms. The topological polar surface area (TPSA) is 42.0 Å². The molecule has 0 aromatic heterocycles. The normalized spacial score (nSPS) is 22.3. The van der Waals surface area contributed by atoms with Crippen LogP contribution in [0.4, 0.5) is 10.1 Å². The maximum Gasteiger partial charge on any atom is 0.255 e. The van der Waals surface area contributed by atoms with Crippen molar-refractivity contribution >= 4 is 35.0 Å². The average Bonchev–Trinajstić information content (AvgIpc) is 3.28. The maximum absolute atomic E-state index is 13.4. The van der Waals surface area contributed by atoms with Crippen LogP contribution in [0.25, 0.3) is 0 Å². The van der Waals surface area contributed by atoms with Gasteiger partial charge in [-0.2, -0.15) is 0 Å². The quantitative estimate of drug-likeness (QED) is 0.669. The Labute approximate surface area is 177 Å². The number of fused-ring (bicyclic) bond motifs is 3. The summed E-state index contributed by atoms with van der Waals surface area (Å²) in [7, 11) is 0. The molecule has 29 heavy (non-hydrogen) atoms. The van der Waals surface area contributed by atoms with E-state index in [1.165, 1.54) is 18.2 Å². The smallest absolute Gasteiger partial charge is 0.255 e. The summed E-state index contributed by atoms with van der Waals surface area (Å²) in [4.78, 5) is 18.4. The highest BCUT2D eigenvalue weighted by molar-refractivity contribution is 7.98. The largest absolute Gasteiger partial charge is 0.453 e. The second-order valence-electron chi connectivity index (χ2n) is 7.51. The molecule has 2 fully saturated rings. The number of halogens is 2. The van der Waals surface area contributed by atoms with Gasteiger partial charge < -0.3 is 19.3 Å². The standard InChI is InChI=1S/C21H20ClFN2O3S/c1-29-15-7-18(20-19(8-15)27-11-28-20)25-13-3-4-14(25)10-24(9-13)21(26)16-5-2-12(23)6-17(16)22/h2,5-8,13-14H,3-4,9-11H2,1H3. The number of benzene rings is 2. The van der Waals surface area contributed by atoms with Crippen molar-refractivity contribution in [1.82, 2.24) is 4.90 Å². The molecule has 5 rings (SSSR count). The predicted octanol–water partition coefficient (Wildman–Crippen LogP) is 4.42. The molecule has 0 N–H and O–H groups in total. The molecular formula is C21H20ClFN2O3S. The van der Waals surface area contributed by atoms with E-state index >= 15 is 0 Å². The van der Waals surface area contributed by atoms with Crippen LogP contribution in [0.15, 0.2) is 35.2 Å². The first-order valence-electron chi connectivity index (χ1n) is 9.55. The van der Waals surface area contributed by atoms with Gasteiger partial charge in [-0.25, -0.2) is 4.39 Å². The van der Waals surface area contributed by atoms with Gasteiger partial charge in [0, 0.05) is 30.1 Å². The highest BCUT2D eigenvalue weighted by atomic mass is 35.5. The van der Waals surface area contributed by atoms with Crippen molar-refractivity contribution in [3.8, 4) is 11.5 Å². The van der Waals surface area contributed by atoms with E-state index in [1.54, 1.807) is 11.8 Å². The minimum atomic E-state index is -0.443. The fourth-order valence-electron chi connectivity index (χ4n) is 4.57. The van der Waals surface area contributed by atoms with E-state index in [1.807, 2.05) is 17.2 Å². The number of rotatable bonds is 3. The Balaban J connectivity index is 1.43. The van der Waals surface area contributed by atoms with Gasteiger partial charge in [-0.1, -0.05) is 11.6 Å². The SMILES string of the molecule is CSc1cc2c(c(N3C4CCC3CN(C(=O)c3ccc(F)cc3Cl)C4)c1)OCO2. The van der Waals surface area contributed by atoms with Crippen molar-refractivity contribution in [3.63, 3.8) is 0 Å². The lowest BCUT2D eigenvalue weighted by molar-refractivity contribution is 0.0718. The van der Waals surface area contributed by atoms with Crippen LogP contribution in [0, 0.1) is 5.82 Å². The Bertz CT molecular complexity index is 975. The highest BCUT2D eigenvalue weighted by Gasteiger charge is 2.43. The van der Waals surface area contributed by atoms with Gasteiger partial charge in [0.25, 0.3) is 5.91 Å². The zero-order valence-electron chi connectivity index (χ0n) is 15.9. The van der Waals surface area contributed by atoms with Gasteiger partial charge in [0.1, 0.15) is 5.82 Å². The van der Waals surface area contributed by atoms with Crippen molar-refractivity contribution in [2.45, 2.75) is 29.8 Å². The third-order valence-corrected chi connectivity index (χ3v) is 6.89. The maximum atomic E-state index is 13.4. The van der Waals surface area contributed by atoms with E-state index in [0.29, 0.717) is 18.7 Å². The van der Waals surface area contributed by atoms with Gasteiger partial charge in [0.15, 0.2) is 11.5 Å². The van der Waals surface area contributed by atoms with E-state index in [4.69, 9.17) is 21.1 Å². The van der Waals surface area contributed by atoms with Crippen LogP contribution in [-0.2, 0) is 0 Å². The van der Waals surface area contributed by atoms with Crippen molar-refractivity contribution in [2.75, 3.05) is 31.0 Å². The monoisotopic (exact) mass is 434 g/mol. The summed E-state index contributed by atoms with van der Waals surface area (Å²) in [6, 6.07) is 8.48. The first kappa shape index (κ1) is 18.9. The molecule has 2 aromatic carbocycles. The second-order valence-corrected chi connectivity index (χ2v) is 8.79. The van der Waals surface area contributed by atoms with Crippen LogP contribution in [0.1, 0.15) is 23.2 Å². The first-order chi connectivity index (χ1) is 14.0. The summed E-state index contributed by atoms with van der Waals surface area (Å²) >= 11 is 7.79. The summed E-state index contributed by atoms with van der Waals surface area (Å²) < 4.78 is 24.8. The van der Waals surface area contributed by atoms with Gasteiger partial charge >= 0.3 is 0 Å². The van der Waals surface area contributed by atoms with Gasteiger partial charge in [-0.15, -0.1) is 11.8 Å². The van der Waals surface area contributed by atoms with Crippen LogP contribution in [0.2, 0.25) is 5.02 Å². The van der Waals surface area contributed by atoms with E-state index < -0.39 is 5.82 Å². The molecule has 2 atom stereocenters. The van der Waals surface area contributed by atoms with Crippen LogP contribution < -0.4 is 14.4 Å². The van der Waals surface area contributed by atoms with Crippen molar-refractivity contribution in [3.05, 3.63) is 46.7 Å². The summed E-state index contributed by atoms with van der Waals surface area (Å²) in [5, 5.41) is 0.154. The van der Waals surface area contributed by atoms with Crippen LogP contribution in [-0.4, -0.2) is 49.0 Å². The molecular weight excluding hydrogens is 415 g/mol. The number of nitrogens with zero attached hydrogens (tertiary/aromatic N) is 2. The highest BCUT2D eigenvalue weighted by Crippen LogP contribution is 2.48. The summed E-state index contributed by atoms with van der Waals surface area (Å²) in [6.07, 6.45) is 4.05. The number of thioether (sulfide) groups is 1. The Morgan fingerprint density at radius 2 is 1.93 bits per heavy atom. The van der Waals surface area contributed by atoms with Crippen LogP contribution >= 0.6 is 23.4 Å². The van der Waals surface area contributed by atoms with Gasteiger partial charge in [0.05, 0.1) is 16.3 Å². The van der Waals surface area contributed by atoms with Crippen LogP contribution in [0.3, 0.4) is 0 Å². The number of ether oxygens (including phenoxy) is 2. The molecule has 3 heterocycles. The van der Waals surface area contributed by atoms with E-state index in [0.717, 1.165) is 34.9 Å². The summed E-state index contributed by atoms with van der Waals surface area (Å²) in [5.74, 6) is 0.985. The van der Waals surface area contributed by atoms with Crippen molar-refractivity contribution in [1.29, 1.82) is 0 Å². The van der Waals surface area contributed by atoms with E-state index in [2.05, 4.69) is 11.0 Å². The molecule has 2 saturated heterocycles. The average molecular weight is 435 g/mol. The lowest BCUT2D eigenvalue weighted by atomic mass is 10.1. The third-order valence-electron chi connectivity index (χ3n) is 5.87. The van der Waals surface area contributed by atoms with Gasteiger partial charge in [-0.3, -0.25) is 4.79 Å². The molecule has 5 nitrogen and oxygen atoms in total. The molecule has 0 spiro atoms. The van der Waals surface area contributed by atoms with Crippen molar-refractivity contribution in [2.24, 2.45) is 0 Å². The number of piperazine rings is 1. The number of hydrogen-bond donors (Lipinski definition) is 0. The first-order valence-corrected chi connectivity index (χ1v) is 11.2. The third kappa shape index (κ3) is 3.20. The molecule has 2 unspecified atom stereocenters.